The predicted molar refractivity (Wildman–Crippen MR) is 67.7 cm³/mol. The van der Waals surface area contributed by atoms with Gasteiger partial charge in [0, 0.05) is 17.5 Å². The molecule has 1 aromatic carbocycles. The fourth-order valence-electron chi connectivity index (χ4n) is 1.85. The minimum Gasteiger partial charge on any atom is -0.296 e. The number of thiazole rings is 1. The van der Waals surface area contributed by atoms with Crippen LogP contribution in [-0.2, 0) is 6.42 Å². The maximum absolute atomic E-state index is 13.5. The molecule has 0 aliphatic rings. The largest absolute Gasteiger partial charge is 0.296 e. The van der Waals surface area contributed by atoms with Gasteiger partial charge in [0.1, 0.15) is 11.5 Å². The molecule has 5 heteroatoms. The lowest BCUT2D eigenvalue weighted by atomic mass is 10.1. The van der Waals surface area contributed by atoms with E-state index in [-0.39, 0.29) is 5.82 Å². The smallest absolute Gasteiger partial charge is 0.194 e. The highest BCUT2D eigenvalue weighted by atomic mass is 32.1. The Morgan fingerprint density at radius 1 is 1.39 bits per heavy atom. The Balaban J connectivity index is 1.98. The minimum atomic E-state index is -0.209. The molecule has 0 aliphatic heterocycles. The van der Waals surface area contributed by atoms with Gasteiger partial charge in [-0.25, -0.2) is 9.37 Å². The number of hydrogen-bond donors (Lipinski definition) is 0. The van der Waals surface area contributed by atoms with Crippen molar-refractivity contribution in [2.24, 2.45) is 0 Å². The summed E-state index contributed by atoms with van der Waals surface area (Å²) in [5.74, 6) is -0.209. The number of imidazole rings is 1. The van der Waals surface area contributed by atoms with Crippen LogP contribution in [0.3, 0.4) is 0 Å². The minimum absolute atomic E-state index is 0.209. The zero-order valence-corrected chi connectivity index (χ0v) is 10.2. The quantitative estimate of drug-likeness (QED) is 0.678. The number of nitrogens with zero attached hydrogens (tertiary/aromatic N) is 2. The number of carbonyl (C=O) groups is 1. The second-order valence-corrected chi connectivity index (χ2v) is 5.01. The van der Waals surface area contributed by atoms with Crippen LogP contribution >= 0.6 is 11.3 Å². The van der Waals surface area contributed by atoms with E-state index < -0.39 is 0 Å². The van der Waals surface area contributed by atoms with E-state index in [1.54, 1.807) is 16.5 Å². The zero-order valence-electron chi connectivity index (χ0n) is 9.34. The molecule has 90 valence electrons. The SMILES string of the molecule is O=Cc1cnc2sc(Cc3ccccc3F)cn12. The predicted octanol–water partition coefficient (Wildman–Crippen LogP) is 2.94. The molecule has 3 aromatic rings. The van der Waals surface area contributed by atoms with Gasteiger partial charge in [0.15, 0.2) is 11.2 Å². The van der Waals surface area contributed by atoms with Crippen molar-refractivity contribution in [3.8, 4) is 0 Å². The fourth-order valence-corrected chi connectivity index (χ4v) is 2.83. The van der Waals surface area contributed by atoms with Crippen molar-refractivity contribution in [1.82, 2.24) is 9.38 Å². The third-order valence-corrected chi connectivity index (χ3v) is 3.73. The van der Waals surface area contributed by atoms with Crippen LogP contribution < -0.4 is 0 Å². The topological polar surface area (TPSA) is 34.4 Å². The Labute approximate surface area is 107 Å². The molecule has 0 bridgehead atoms. The lowest BCUT2D eigenvalue weighted by Gasteiger charge is -1.99. The molecule has 0 amide bonds. The lowest BCUT2D eigenvalue weighted by Crippen LogP contribution is -1.90. The first-order chi connectivity index (χ1) is 8.78. The van der Waals surface area contributed by atoms with Gasteiger partial charge in [0.25, 0.3) is 0 Å². The van der Waals surface area contributed by atoms with E-state index in [0.29, 0.717) is 17.7 Å². The summed E-state index contributed by atoms with van der Waals surface area (Å²) in [7, 11) is 0. The molecule has 0 spiro atoms. The first kappa shape index (κ1) is 11.1. The van der Waals surface area contributed by atoms with E-state index in [2.05, 4.69) is 4.98 Å². The maximum atomic E-state index is 13.5. The zero-order chi connectivity index (χ0) is 12.5. The molecule has 0 unspecified atom stereocenters. The number of halogens is 1. The molecule has 3 nitrogen and oxygen atoms in total. The van der Waals surface area contributed by atoms with E-state index >= 15 is 0 Å². The number of aromatic nitrogens is 2. The van der Waals surface area contributed by atoms with Crippen LogP contribution in [0.2, 0.25) is 0 Å². The number of aldehydes is 1. The number of benzene rings is 1. The van der Waals surface area contributed by atoms with Crippen molar-refractivity contribution in [3.05, 3.63) is 58.6 Å². The van der Waals surface area contributed by atoms with Crippen molar-refractivity contribution in [2.45, 2.75) is 6.42 Å². The first-order valence-corrected chi connectivity index (χ1v) is 6.24. The summed E-state index contributed by atoms with van der Waals surface area (Å²) in [6.07, 6.45) is 4.65. The van der Waals surface area contributed by atoms with E-state index in [4.69, 9.17) is 0 Å². The summed E-state index contributed by atoms with van der Waals surface area (Å²) >= 11 is 1.46. The average Bonchev–Trinajstić information content (AvgIpc) is 2.91. The monoisotopic (exact) mass is 260 g/mol. The van der Waals surface area contributed by atoms with Crippen LogP contribution in [0.15, 0.2) is 36.7 Å². The van der Waals surface area contributed by atoms with Gasteiger partial charge in [-0.3, -0.25) is 9.20 Å². The highest BCUT2D eigenvalue weighted by molar-refractivity contribution is 7.17. The van der Waals surface area contributed by atoms with Crippen LogP contribution in [0.1, 0.15) is 20.9 Å². The Bertz CT molecular complexity index is 717. The molecule has 2 aromatic heterocycles. The van der Waals surface area contributed by atoms with E-state index in [1.807, 2.05) is 12.3 Å². The number of fused-ring (bicyclic) bond motifs is 1. The summed E-state index contributed by atoms with van der Waals surface area (Å²) in [5.41, 5.74) is 1.16. The van der Waals surface area contributed by atoms with Gasteiger partial charge in [-0.2, -0.15) is 0 Å². The van der Waals surface area contributed by atoms with Gasteiger partial charge in [-0.1, -0.05) is 18.2 Å². The van der Waals surface area contributed by atoms with Gasteiger partial charge in [0.2, 0.25) is 0 Å². The Kier molecular flexibility index (Phi) is 2.68. The molecule has 0 radical (unpaired) electrons. The van der Waals surface area contributed by atoms with Crippen molar-refractivity contribution in [2.75, 3.05) is 0 Å². The molecular formula is C13H9FN2OS. The first-order valence-electron chi connectivity index (χ1n) is 5.42. The molecule has 0 saturated carbocycles. The fraction of sp³-hybridized carbons (Fsp3) is 0.0769. The molecule has 3 rings (SSSR count). The number of carbonyl (C=O) groups excluding carboxylic acids is 1. The van der Waals surface area contributed by atoms with Crippen molar-refractivity contribution < 1.29 is 9.18 Å². The molecule has 18 heavy (non-hydrogen) atoms. The molecule has 0 atom stereocenters. The molecular weight excluding hydrogens is 251 g/mol. The Morgan fingerprint density at radius 3 is 3.00 bits per heavy atom. The molecule has 2 heterocycles. The van der Waals surface area contributed by atoms with Crippen LogP contribution in [0.4, 0.5) is 4.39 Å². The number of hydrogen-bond acceptors (Lipinski definition) is 3. The second kappa shape index (κ2) is 4.34. The van der Waals surface area contributed by atoms with Gasteiger partial charge in [0.05, 0.1) is 6.20 Å². The van der Waals surface area contributed by atoms with Crippen LogP contribution in [0.5, 0.6) is 0 Å². The van der Waals surface area contributed by atoms with E-state index in [0.717, 1.165) is 16.1 Å². The van der Waals surface area contributed by atoms with E-state index in [1.165, 1.54) is 23.6 Å². The Morgan fingerprint density at radius 2 is 2.22 bits per heavy atom. The van der Waals surface area contributed by atoms with Gasteiger partial charge >= 0.3 is 0 Å². The highest BCUT2D eigenvalue weighted by Gasteiger charge is 2.09. The summed E-state index contributed by atoms with van der Waals surface area (Å²) in [4.78, 5) is 16.6. The number of rotatable bonds is 3. The van der Waals surface area contributed by atoms with Crippen LogP contribution in [0, 0.1) is 5.82 Å². The lowest BCUT2D eigenvalue weighted by molar-refractivity contribution is 0.111. The summed E-state index contributed by atoms with van der Waals surface area (Å²) in [6, 6.07) is 6.70. The van der Waals surface area contributed by atoms with Gasteiger partial charge < -0.3 is 0 Å². The normalized spacial score (nSPS) is 10.9. The second-order valence-electron chi connectivity index (χ2n) is 3.92. The maximum Gasteiger partial charge on any atom is 0.194 e. The van der Waals surface area contributed by atoms with Crippen LogP contribution in [0.25, 0.3) is 4.96 Å². The third kappa shape index (κ3) is 1.82. The molecule has 0 saturated heterocycles. The average molecular weight is 260 g/mol. The third-order valence-electron chi connectivity index (χ3n) is 2.73. The summed E-state index contributed by atoms with van der Waals surface area (Å²) in [6.45, 7) is 0. The van der Waals surface area contributed by atoms with Crippen molar-refractivity contribution in [1.29, 1.82) is 0 Å². The van der Waals surface area contributed by atoms with Gasteiger partial charge in [-0.15, -0.1) is 11.3 Å². The van der Waals surface area contributed by atoms with E-state index in [9.17, 15) is 9.18 Å². The molecule has 0 aliphatic carbocycles. The summed E-state index contributed by atoms with van der Waals surface area (Å²) < 4.78 is 15.3. The van der Waals surface area contributed by atoms with Gasteiger partial charge in [-0.05, 0) is 11.6 Å². The standard InChI is InChI=1S/C13H9FN2OS/c14-12-4-2-1-3-9(12)5-11-7-16-10(8-17)6-15-13(16)18-11/h1-4,6-8H,5H2. The van der Waals surface area contributed by atoms with Crippen molar-refractivity contribution in [3.63, 3.8) is 0 Å². The Hall–Kier alpha value is -2.01. The highest BCUT2D eigenvalue weighted by Crippen LogP contribution is 2.22. The summed E-state index contributed by atoms with van der Waals surface area (Å²) in [5, 5.41) is 0. The van der Waals surface area contributed by atoms with Crippen molar-refractivity contribution >= 4 is 22.6 Å². The van der Waals surface area contributed by atoms with Crippen LogP contribution in [-0.4, -0.2) is 15.7 Å². The molecule has 0 fully saturated rings. The molecule has 0 N–H and O–H groups in total.